The first-order valence-corrected chi connectivity index (χ1v) is 9.42. The van der Waals surface area contributed by atoms with Crippen molar-refractivity contribution in [2.45, 2.75) is 19.5 Å². The molecule has 1 aliphatic heterocycles. The van der Waals surface area contributed by atoms with Crippen LogP contribution < -0.4 is 5.32 Å². The number of rotatable bonds is 5. The highest BCUT2D eigenvalue weighted by atomic mass is 32.1. The lowest BCUT2D eigenvalue weighted by Crippen LogP contribution is -2.29. The van der Waals surface area contributed by atoms with Crippen molar-refractivity contribution in [3.8, 4) is 0 Å². The predicted octanol–water partition coefficient (Wildman–Crippen LogP) is 2.65. The van der Waals surface area contributed by atoms with E-state index in [0.717, 1.165) is 35.6 Å². The van der Waals surface area contributed by atoms with Gasteiger partial charge in [0.1, 0.15) is 5.69 Å². The van der Waals surface area contributed by atoms with Gasteiger partial charge in [-0.05, 0) is 5.56 Å². The fourth-order valence-electron chi connectivity index (χ4n) is 3.00. The number of anilines is 1. The molecule has 28 heavy (non-hydrogen) atoms. The van der Waals surface area contributed by atoms with E-state index in [9.17, 15) is 14.9 Å². The molecular weight excluding hydrogens is 380 g/mol. The van der Waals surface area contributed by atoms with Gasteiger partial charge in [0.05, 0.1) is 16.8 Å². The third kappa shape index (κ3) is 4.02. The Labute approximate surface area is 164 Å². The Balaban J connectivity index is 1.40. The van der Waals surface area contributed by atoms with E-state index in [-0.39, 0.29) is 17.3 Å². The van der Waals surface area contributed by atoms with Crippen molar-refractivity contribution in [3.05, 3.63) is 74.8 Å². The van der Waals surface area contributed by atoms with Crippen LogP contribution in [0.15, 0.2) is 42.9 Å². The average molecular weight is 396 g/mol. The zero-order valence-electron chi connectivity index (χ0n) is 14.7. The smallest absolute Gasteiger partial charge is 0.277 e. The van der Waals surface area contributed by atoms with E-state index in [1.54, 1.807) is 12.1 Å². The highest BCUT2D eigenvalue weighted by molar-refractivity contribution is 7.15. The zero-order valence-corrected chi connectivity index (χ0v) is 15.6. The summed E-state index contributed by atoms with van der Waals surface area (Å²) in [6.07, 6.45) is 5.19. The maximum Gasteiger partial charge on any atom is 0.277 e. The SMILES string of the molecule is O=C(Nc1nc2c(s1)CN(Cc1ccc([N+](=O)[O-])cc1)CC2)c1cnccn1. The number of fused-ring (bicyclic) bond motifs is 1. The fourth-order valence-corrected chi connectivity index (χ4v) is 4.04. The molecule has 1 aliphatic rings. The maximum atomic E-state index is 12.2. The number of nitrogens with one attached hydrogen (secondary N) is 1. The van der Waals surface area contributed by atoms with Crippen LogP contribution in [0, 0.1) is 10.1 Å². The highest BCUT2D eigenvalue weighted by Crippen LogP contribution is 2.29. The number of thiazole rings is 1. The number of carbonyl (C=O) groups is 1. The molecule has 3 heterocycles. The van der Waals surface area contributed by atoms with Gasteiger partial charge < -0.3 is 0 Å². The van der Waals surface area contributed by atoms with Gasteiger partial charge in [0, 0.05) is 55.5 Å². The second kappa shape index (κ2) is 7.79. The first kappa shape index (κ1) is 18.1. The largest absolute Gasteiger partial charge is 0.296 e. The van der Waals surface area contributed by atoms with Crippen LogP contribution in [0.3, 0.4) is 0 Å². The summed E-state index contributed by atoms with van der Waals surface area (Å²) in [5.74, 6) is -0.332. The summed E-state index contributed by atoms with van der Waals surface area (Å²) in [4.78, 5) is 38.3. The van der Waals surface area contributed by atoms with E-state index < -0.39 is 4.92 Å². The molecule has 0 saturated heterocycles. The zero-order chi connectivity index (χ0) is 19.5. The molecule has 0 radical (unpaired) electrons. The summed E-state index contributed by atoms with van der Waals surface area (Å²) in [6.45, 7) is 2.27. The summed E-state index contributed by atoms with van der Waals surface area (Å²) < 4.78 is 0. The Bertz CT molecular complexity index is 1010. The summed E-state index contributed by atoms with van der Waals surface area (Å²) in [5, 5.41) is 14.1. The van der Waals surface area contributed by atoms with Crippen LogP contribution >= 0.6 is 11.3 Å². The van der Waals surface area contributed by atoms with Gasteiger partial charge >= 0.3 is 0 Å². The second-order valence-electron chi connectivity index (χ2n) is 6.32. The molecule has 2 aromatic heterocycles. The lowest BCUT2D eigenvalue weighted by molar-refractivity contribution is -0.384. The fraction of sp³-hybridized carbons (Fsp3) is 0.222. The monoisotopic (exact) mass is 396 g/mol. The first-order valence-electron chi connectivity index (χ1n) is 8.60. The molecule has 142 valence electrons. The van der Waals surface area contributed by atoms with Crippen molar-refractivity contribution in [2.75, 3.05) is 11.9 Å². The molecule has 0 bridgehead atoms. The summed E-state index contributed by atoms with van der Waals surface area (Å²) >= 11 is 1.46. The number of nitro groups is 1. The molecular formula is C18H16N6O3S. The average Bonchev–Trinajstić information content (AvgIpc) is 3.10. The normalized spacial score (nSPS) is 13.7. The molecule has 1 aromatic carbocycles. The van der Waals surface area contributed by atoms with Gasteiger partial charge in [-0.3, -0.25) is 30.1 Å². The predicted molar refractivity (Wildman–Crippen MR) is 103 cm³/mol. The number of benzene rings is 1. The quantitative estimate of drug-likeness (QED) is 0.521. The molecule has 0 unspecified atom stereocenters. The number of aromatic nitrogens is 3. The second-order valence-corrected chi connectivity index (χ2v) is 7.40. The van der Waals surface area contributed by atoms with Crippen LogP contribution in [-0.4, -0.2) is 37.2 Å². The molecule has 4 rings (SSSR count). The van der Waals surface area contributed by atoms with Crippen LogP contribution in [0.25, 0.3) is 0 Å². The van der Waals surface area contributed by atoms with E-state index in [4.69, 9.17) is 0 Å². The minimum absolute atomic E-state index is 0.0932. The Morgan fingerprint density at radius 2 is 2.11 bits per heavy atom. The van der Waals surface area contributed by atoms with Crippen molar-refractivity contribution in [3.63, 3.8) is 0 Å². The molecule has 0 aliphatic carbocycles. The van der Waals surface area contributed by atoms with Crippen molar-refractivity contribution >= 4 is 28.1 Å². The standard InChI is InChI=1S/C18H16N6O3S/c25-17(15-9-19-6-7-20-15)22-18-21-14-5-8-23(11-16(14)28-18)10-12-1-3-13(4-2-12)24(26)27/h1-4,6-7,9H,5,8,10-11H2,(H,21,22,25). The Hall–Kier alpha value is -3.24. The van der Waals surface area contributed by atoms with Crippen LogP contribution in [0.5, 0.6) is 0 Å². The van der Waals surface area contributed by atoms with Crippen LogP contribution in [0.2, 0.25) is 0 Å². The number of nitro benzene ring substituents is 1. The molecule has 10 heteroatoms. The number of hydrogen-bond donors (Lipinski definition) is 1. The highest BCUT2D eigenvalue weighted by Gasteiger charge is 2.22. The third-order valence-corrected chi connectivity index (χ3v) is 5.38. The lowest BCUT2D eigenvalue weighted by Gasteiger charge is -2.25. The van der Waals surface area contributed by atoms with Gasteiger partial charge in [0.2, 0.25) is 0 Å². The summed E-state index contributed by atoms with van der Waals surface area (Å²) in [6, 6.07) is 6.62. The van der Waals surface area contributed by atoms with Crippen LogP contribution in [0.4, 0.5) is 10.8 Å². The molecule has 0 saturated carbocycles. The number of hydrogen-bond acceptors (Lipinski definition) is 8. The molecule has 0 atom stereocenters. The number of nitrogens with zero attached hydrogens (tertiary/aromatic N) is 5. The maximum absolute atomic E-state index is 12.2. The van der Waals surface area contributed by atoms with Gasteiger partial charge in [0.25, 0.3) is 11.6 Å². The molecule has 1 amide bonds. The molecule has 3 aromatic rings. The molecule has 9 nitrogen and oxygen atoms in total. The van der Waals surface area contributed by atoms with E-state index in [1.807, 2.05) is 0 Å². The number of amides is 1. The van der Waals surface area contributed by atoms with Crippen molar-refractivity contribution < 1.29 is 9.72 Å². The Morgan fingerprint density at radius 3 is 2.82 bits per heavy atom. The lowest BCUT2D eigenvalue weighted by atomic mass is 10.1. The molecule has 0 spiro atoms. The Kier molecular flexibility index (Phi) is 5.04. The van der Waals surface area contributed by atoms with E-state index in [2.05, 4.69) is 25.2 Å². The van der Waals surface area contributed by atoms with E-state index in [0.29, 0.717) is 11.7 Å². The minimum atomic E-state index is -0.398. The van der Waals surface area contributed by atoms with E-state index >= 15 is 0 Å². The minimum Gasteiger partial charge on any atom is -0.296 e. The van der Waals surface area contributed by atoms with Gasteiger partial charge in [-0.25, -0.2) is 9.97 Å². The van der Waals surface area contributed by atoms with Crippen molar-refractivity contribution in [1.82, 2.24) is 19.9 Å². The van der Waals surface area contributed by atoms with Gasteiger partial charge in [-0.15, -0.1) is 11.3 Å². The molecule has 1 N–H and O–H groups in total. The van der Waals surface area contributed by atoms with Crippen molar-refractivity contribution in [2.24, 2.45) is 0 Å². The number of non-ortho nitro benzene ring substituents is 1. The first-order chi connectivity index (χ1) is 13.6. The van der Waals surface area contributed by atoms with Crippen molar-refractivity contribution in [1.29, 1.82) is 0 Å². The number of carbonyl (C=O) groups excluding carboxylic acids is 1. The third-order valence-electron chi connectivity index (χ3n) is 4.38. The Morgan fingerprint density at radius 1 is 1.29 bits per heavy atom. The topological polar surface area (TPSA) is 114 Å². The summed E-state index contributed by atoms with van der Waals surface area (Å²) in [7, 11) is 0. The summed E-state index contributed by atoms with van der Waals surface area (Å²) in [5.41, 5.74) is 2.36. The van der Waals surface area contributed by atoms with Gasteiger partial charge in [0.15, 0.2) is 5.13 Å². The van der Waals surface area contributed by atoms with Crippen LogP contribution in [-0.2, 0) is 19.5 Å². The van der Waals surface area contributed by atoms with E-state index in [1.165, 1.54) is 42.1 Å². The van der Waals surface area contributed by atoms with Gasteiger partial charge in [-0.2, -0.15) is 0 Å². The van der Waals surface area contributed by atoms with Gasteiger partial charge in [-0.1, -0.05) is 12.1 Å². The molecule has 0 fully saturated rings. The van der Waals surface area contributed by atoms with Crippen LogP contribution in [0.1, 0.15) is 26.6 Å².